The topological polar surface area (TPSA) is 91.3 Å². The average Bonchev–Trinajstić information content (AvgIpc) is 3.65. The Morgan fingerprint density at radius 3 is 2.50 bits per heavy atom. The third-order valence-corrected chi connectivity index (χ3v) is 9.04. The van der Waals surface area contributed by atoms with Gasteiger partial charge in [0.25, 0.3) is 0 Å². The van der Waals surface area contributed by atoms with E-state index in [0.29, 0.717) is 40.5 Å². The number of benzene rings is 2. The van der Waals surface area contributed by atoms with Crippen molar-refractivity contribution in [1.29, 1.82) is 5.26 Å². The number of carbonyl (C=O) groups excluding carboxylic acids is 1. The van der Waals surface area contributed by atoms with Crippen LogP contribution in [-0.4, -0.2) is 31.6 Å². The van der Waals surface area contributed by atoms with Crippen LogP contribution in [0.5, 0.6) is 5.88 Å². The van der Waals surface area contributed by atoms with Crippen LogP contribution in [0.25, 0.3) is 5.69 Å². The van der Waals surface area contributed by atoms with Crippen LogP contribution in [0.15, 0.2) is 41.2 Å². The Labute approximate surface area is 218 Å². The first-order valence-corrected chi connectivity index (χ1v) is 12.9. The van der Waals surface area contributed by atoms with Gasteiger partial charge in [-0.25, -0.2) is 9.36 Å². The van der Waals surface area contributed by atoms with Gasteiger partial charge in [0.1, 0.15) is 11.8 Å². The number of carbonyl (C=O) groups is 1. The van der Waals surface area contributed by atoms with Crippen molar-refractivity contribution in [2.45, 2.75) is 56.5 Å². The van der Waals surface area contributed by atoms with E-state index < -0.39 is 5.41 Å². The summed E-state index contributed by atoms with van der Waals surface area (Å²) in [7, 11) is 0. The summed E-state index contributed by atoms with van der Waals surface area (Å²) in [5.74, 6) is -0.126. The molecule has 3 aliphatic rings. The molecule has 3 aromatic rings. The predicted octanol–water partition coefficient (Wildman–Crippen LogP) is 5.17. The third kappa shape index (κ3) is 3.04. The van der Waals surface area contributed by atoms with E-state index in [1.165, 1.54) is 4.57 Å². The zero-order chi connectivity index (χ0) is 25.4. The number of hydrogen-bond donors (Lipinski definition) is 1. The molecule has 1 aliphatic carbocycles. The number of amides is 1. The van der Waals surface area contributed by atoms with E-state index in [-0.39, 0.29) is 34.6 Å². The smallest absolute Gasteiger partial charge is 0.336 e. The number of aromatic hydroxyl groups is 1. The molecule has 1 unspecified atom stereocenters. The fraction of sp³-hybridized carbons (Fsp3) is 0.370. The van der Waals surface area contributed by atoms with Crippen molar-refractivity contribution >= 4 is 29.1 Å². The molecule has 2 atom stereocenters. The minimum Gasteiger partial charge on any atom is -0.493 e. The lowest BCUT2D eigenvalue weighted by molar-refractivity contribution is -0.139. The molecular formula is C27H24Cl2N4O3. The standard InChI is InChI=1S/C27H24Cl2N4O3/c1-15-20(9-4-16(13-30)22(15)29)33-24(34)23-21-12-19(32(23)26(33)36)14-31(21)25(35)27(10-2-3-11-27)17-5-7-18(28)8-6-17/h4-9,19,21,34H,2-3,10-12,14H2,1H3/t19-,21?/m1/s1. The molecule has 6 rings (SSSR count). The highest BCUT2D eigenvalue weighted by atomic mass is 35.5. The molecule has 2 bridgehead atoms. The summed E-state index contributed by atoms with van der Waals surface area (Å²) in [6.45, 7) is 2.15. The summed E-state index contributed by atoms with van der Waals surface area (Å²) in [5.41, 5.74) is 1.72. The number of likely N-dealkylation sites (tertiary alicyclic amines) is 1. The van der Waals surface area contributed by atoms with Crippen LogP contribution in [0.2, 0.25) is 10.0 Å². The Morgan fingerprint density at radius 1 is 1.14 bits per heavy atom. The van der Waals surface area contributed by atoms with Gasteiger partial charge >= 0.3 is 5.69 Å². The summed E-state index contributed by atoms with van der Waals surface area (Å²) in [6, 6.07) is 12.2. The molecule has 36 heavy (non-hydrogen) atoms. The minimum absolute atomic E-state index is 0.0540. The molecule has 9 heteroatoms. The second kappa shape index (κ2) is 8.16. The van der Waals surface area contributed by atoms with Crippen molar-refractivity contribution in [3.05, 3.63) is 79.3 Å². The average molecular weight is 523 g/mol. The van der Waals surface area contributed by atoms with E-state index in [1.807, 2.05) is 35.2 Å². The zero-order valence-corrected chi connectivity index (χ0v) is 21.2. The number of nitrogens with zero attached hydrogens (tertiary/aromatic N) is 4. The molecule has 2 fully saturated rings. The van der Waals surface area contributed by atoms with Crippen LogP contribution in [0.4, 0.5) is 0 Å². The van der Waals surface area contributed by atoms with E-state index in [4.69, 9.17) is 23.2 Å². The van der Waals surface area contributed by atoms with E-state index >= 15 is 0 Å². The summed E-state index contributed by atoms with van der Waals surface area (Å²) in [6.07, 6.45) is 4.09. The molecule has 1 N–H and O–H groups in total. The van der Waals surface area contributed by atoms with Crippen LogP contribution in [0.3, 0.4) is 0 Å². The number of aromatic nitrogens is 2. The largest absolute Gasteiger partial charge is 0.493 e. The SMILES string of the molecule is Cc1c(-n2c(O)c3n(c2=O)[C@@H]2CC3N(C(=O)C3(c4ccc(Cl)cc4)CCCC3)C2)ccc(C#N)c1Cl. The van der Waals surface area contributed by atoms with Gasteiger partial charge in [0.2, 0.25) is 11.8 Å². The van der Waals surface area contributed by atoms with E-state index in [1.54, 1.807) is 23.6 Å². The molecule has 1 saturated heterocycles. The van der Waals surface area contributed by atoms with Crippen molar-refractivity contribution in [3.63, 3.8) is 0 Å². The van der Waals surface area contributed by atoms with Gasteiger partial charge in [-0.3, -0.25) is 9.36 Å². The first kappa shape index (κ1) is 23.2. The fourth-order valence-electron chi connectivity index (χ4n) is 6.54. The Morgan fingerprint density at radius 2 is 1.83 bits per heavy atom. The summed E-state index contributed by atoms with van der Waals surface area (Å²) in [5, 5.41) is 21.5. The number of nitriles is 1. The highest BCUT2D eigenvalue weighted by molar-refractivity contribution is 6.32. The van der Waals surface area contributed by atoms with Crippen LogP contribution in [-0.2, 0) is 10.2 Å². The van der Waals surface area contributed by atoms with Gasteiger partial charge in [-0.15, -0.1) is 0 Å². The number of fused-ring (bicyclic) bond motifs is 5. The molecule has 7 nitrogen and oxygen atoms in total. The molecule has 1 saturated carbocycles. The molecule has 2 aliphatic heterocycles. The van der Waals surface area contributed by atoms with E-state index in [9.17, 15) is 20.0 Å². The lowest BCUT2D eigenvalue weighted by Gasteiger charge is -2.37. The van der Waals surface area contributed by atoms with Crippen molar-refractivity contribution in [2.75, 3.05) is 6.54 Å². The number of imidazole rings is 1. The zero-order valence-electron chi connectivity index (χ0n) is 19.7. The predicted molar refractivity (Wildman–Crippen MR) is 136 cm³/mol. The first-order valence-electron chi connectivity index (χ1n) is 12.1. The Bertz CT molecular complexity index is 1510. The molecular weight excluding hydrogens is 499 g/mol. The van der Waals surface area contributed by atoms with Crippen molar-refractivity contribution in [1.82, 2.24) is 14.0 Å². The second-order valence-corrected chi connectivity index (χ2v) is 10.9. The molecule has 2 aromatic carbocycles. The van der Waals surface area contributed by atoms with Gasteiger partial charge in [0.15, 0.2) is 0 Å². The maximum absolute atomic E-state index is 14.2. The molecule has 3 heterocycles. The lowest BCUT2D eigenvalue weighted by Crippen LogP contribution is -2.47. The molecule has 184 valence electrons. The number of halogens is 2. The van der Waals surface area contributed by atoms with E-state index in [0.717, 1.165) is 31.2 Å². The molecule has 0 spiro atoms. The van der Waals surface area contributed by atoms with Gasteiger partial charge in [-0.05, 0) is 61.6 Å². The number of rotatable bonds is 3. The van der Waals surface area contributed by atoms with Crippen molar-refractivity contribution in [2.24, 2.45) is 0 Å². The molecule has 1 amide bonds. The normalized spacial score (nSPS) is 21.6. The van der Waals surface area contributed by atoms with Gasteiger partial charge in [-0.2, -0.15) is 5.26 Å². The minimum atomic E-state index is -0.615. The summed E-state index contributed by atoms with van der Waals surface area (Å²) >= 11 is 12.5. The second-order valence-electron chi connectivity index (χ2n) is 10.0. The maximum Gasteiger partial charge on any atom is 0.336 e. The van der Waals surface area contributed by atoms with Gasteiger partial charge in [-0.1, -0.05) is 48.2 Å². The Hall–Kier alpha value is -3.21. The number of hydrogen-bond acceptors (Lipinski definition) is 4. The lowest BCUT2D eigenvalue weighted by atomic mass is 9.77. The highest BCUT2D eigenvalue weighted by Crippen LogP contribution is 2.52. The van der Waals surface area contributed by atoms with Gasteiger partial charge in [0, 0.05) is 11.6 Å². The molecule has 1 aromatic heterocycles. The fourth-order valence-corrected chi connectivity index (χ4v) is 6.87. The van der Waals surface area contributed by atoms with Gasteiger partial charge < -0.3 is 10.0 Å². The maximum atomic E-state index is 14.2. The van der Waals surface area contributed by atoms with Crippen molar-refractivity contribution in [3.8, 4) is 17.6 Å². The summed E-state index contributed by atoms with van der Waals surface area (Å²) in [4.78, 5) is 29.5. The quantitative estimate of drug-likeness (QED) is 0.513. The monoisotopic (exact) mass is 522 g/mol. The Balaban J connectivity index is 1.42. The van der Waals surface area contributed by atoms with Crippen LogP contribution in [0.1, 0.15) is 66.6 Å². The summed E-state index contributed by atoms with van der Waals surface area (Å²) < 4.78 is 2.87. The third-order valence-electron chi connectivity index (χ3n) is 8.30. The van der Waals surface area contributed by atoms with Crippen LogP contribution >= 0.6 is 23.2 Å². The van der Waals surface area contributed by atoms with E-state index in [2.05, 4.69) is 0 Å². The van der Waals surface area contributed by atoms with Crippen LogP contribution in [0, 0.1) is 18.3 Å². The first-order chi connectivity index (χ1) is 17.3. The van der Waals surface area contributed by atoms with Crippen molar-refractivity contribution < 1.29 is 9.90 Å². The Kier molecular flexibility index (Phi) is 5.26. The van der Waals surface area contributed by atoms with Crippen LogP contribution < -0.4 is 5.69 Å². The molecule has 0 radical (unpaired) electrons. The highest BCUT2D eigenvalue weighted by Gasteiger charge is 2.54. The van der Waals surface area contributed by atoms with Gasteiger partial charge in [0.05, 0.1) is 33.8 Å².